The van der Waals surface area contributed by atoms with Gasteiger partial charge in [-0.25, -0.2) is 0 Å². The molecule has 0 saturated carbocycles. The Labute approximate surface area is 240 Å². The molecule has 0 aliphatic carbocycles. The number of H-pyrrole nitrogens is 1. The number of carbonyl (C=O) groups excluding carboxylic acids is 2. The first-order chi connectivity index (χ1) is 19.8. The fraction of sp³-hybridized carbons (Fsp3) is 0.467. The molecule has 3 rings (SSSR count). The fourth-order valence-corrected chi connectivity index (χ4v) is 4.91. The average molecular weight is 600 g/mol. The van der Waals surface area contributed by atoms with Crippen molar-refractivity contribution < 1.29 is 41.0 Å². The van der Waals surface area contributed by atoms with Crippen molar-refractivity contribution >= 4 is 22.7 Å². The van der Waals surface area contributed by atoms with Crippen LogP contribution in [0.25, 0.3) is 10.9 Å². The minimum absolute atomic E-state index is 0.0114. The molecule has 3 aromatic rings. The molecule has 1 aromatic heterocycles. The molecule has 230 valence electrons. The molecule has 2 N–H and O–H groups in total. The van der Waals surface area contributed by atoms with E-state index >= 15 is 0 Å². The molecule has 0 aliphatic heterocycles. The van der Waals surface area contributed by atoms with Gasteiger partial charge in [0, 0.05) is 55.3 Å². The monoisotopic (exact) mass is 599 g/mol. The number of unbranched alkanes of at least 4 members (excludes halogenated alkanes) is 1. The lowest BCUT2D eigenvalue weighted by atomic mass is 9.97. The number of nitrogens with zero attached hydrogens (tertiary/aromatic N) is 2. The van der Waals surface area contributed by atoms with Crippen LogP contribution < -0.4 is 0 Å². The fourth-order valence-electron chi connectivity index (χ4n) is 4.91. The van der Waals surface area contributed by atoms with E-state index in [4.69, 9.17) is 0 Å². The van der Waals surface area contributed by atoms with Gasteiger partial charge in [-0.15, -0.1) is 0 Å². The summed E-state index contributed by atoms with van der Waals surface area (Å²) in [5.41, 5.74) is -2.22. The number of hydrogen-bond acceptors (Lipinski definition) is 3. The number of aromatic amines is 1. The van der Waals surface area contributed by atoms with Gasteiger partial charge in [-0.05, 0) is 55.5 Å². The van der Waals surface area contributed by atoms with Gasteiger partial charge in [-0.3, -0.25) is 9.59 Å². The zero-order valence-electron chi connectivity index (χ0n) is 23.5. The maximum absolute atomic E-state index is 13.5. The average Bonchev–Trinajstić information content (AvgIpc) is 3.35. The lowest BCUT2D eigenvalue weighted by molar-refractivity contribution is -0.143. The van der Waals surface area contributed by atoms with Gasteiger partial charge in [-0.2, -0.15) is 26.3 Å². The smallest absolute Gasteiger partial charge is 0.395 e. The Morgan fingerprint density at radius 2 is 1.60 bits per heavy atom. The third-order valence-electron chi connectivity index (χ3n) is 7.27. The number of benzene rings is 2. The predicted octanol–water partition coefficient (Wildman–Crippen LogP) is 6.68. The van der Waals surface area contributed by atoms with Crippen LogP contribution in [0.2, 0.25) is 0 Å². The van der Waals surface area contributed by atoms with Crippen LogP contribution in [-0.2, 0) is 23.6 Å². The van der Waals surface area contributed by atoms with E-state index in [2.05, 4.69) is 4.98 Å². The highest BCUT2D eigenvalue weighted by atomic mass is 19.4. The zero-order chi connectivity index (χ0) is 31.1. The Kier molecular flexibility index (Phi) is 11.1. The van der Waals surface area contributed by atoms with Gasteiger partial charge in [0.25, 0.3) is 5.91 Å². The number of nitrogens with one attached hydrogen (secondary N) is 1. The molecule has 6 nitrogen and oxygen atoms in total. The Morgan fingerprint density at radius 3 is 2.19 bits per heavy atom. The summed E-state index contributed by atoms with van der Waals surface area (Å²) in [6.07, 6.45) is -5.86. The lowest BCUT2D eigenvalue weighted by Crippen LogP contribution is -2.39. The van der Waals surface area contributed by atoms with Gasteiger partial charge in [-0.1, -0.05) is 31.5 Å². The minimum Gasteiger partial charge on any atom is -0.395 e. The number of carbonyl (C=O) groups is 2. The molecule has 1 unspecified atom stereocenters. The molecular weight excluding hydrogens is 564 g/mol. The summed E-state index contributed by atoms with van der Waals surface area (Å²) in [4.78, 5) is 32.1. The normalized spacial score (nSPS) is 12.9. The lowest BCUT2D eigenvalue weighted by Gasteiger charge is -2.29. The van der Waals surface area contributed by atoms with Crippen LogP contribution in [0.15, 0.2) is 48.7 Å². The summed E-state index contributed by atoms with van der Waals surface area (Å²) in [6.45, 7) is 2.47. The van der Waals surface area contributed by atoms with Crippen LogP contribution in [0.3, 0.4) is 0 Å². The van der Waals surface area contributed by atoms with Crippen LogP contribution >= 0.6 is 0 Å². The van der Waals surface area contributed by atoms with E-state index in [0.717, 1.165) is 34.2 Å². The maximum atomic E-state index is 13.5. The standard InChI is InChI=1S/C30H35F6N3O3/c1-3-4-12-39(13-14-40)27(41)11-7-8-24(17-21-19-37-26-10-6-5-9-25(21)26)38(2)28(42)20-15-22(29(31,32)33)18-23(16-20)30(34,35)36/h5-6,9-10,15-16,18-19,24,37,40H,3-4,7-8,11-14,17H2,1-2H3. The Balaban J connectivity index is 1.89. The van der Waals surface area contributed by atoms with Crippen molar-refractivity contribution in [2.45, 2.75) is 63.8 Å². The van der Waals surface area contributed by atoms with E-state index in [1.807, 2.05) is 31.2 Å². The topological polar surface area (TPSA) is 76.6 Å². The summed E-state index contributed by atoms with van der Waals surface area (Å²) >= 11 is 0. The van der Waals surface area contributed by atoms with Crippen LogP contribution in [-0.4, -0.2) is 64.5 Å². The first-order valence-corrected chi connectivity index (χ1v) is 13.8. The van der Waals surface area contributed by atoms with Crippen molar-refractivity contribution in [2.75, 3.05) is 26.7 Å². The number of aliphatic hydroxyl groups excluding tert-OH is 1. The number of halogens is 6. The summed E-state index contributed by atoms with van der Waals surface area (Å²) < 4.78 is 80.7. The molecule has 0 radical (unpaired) electrons. The zero-order valence-corrected chi connectivity index (χ0v) is 23.5. The van der Waals surface area contributed by atoms with Gasteiger partial charge in [0.2, 0.25) is 5.91 Å². The first-order valence-electron chi connectivity index (χ1n) is 13.8. The van der Waals surface area contributed by atoms with Crippen molar-refractivity contribution in [1.29, 1.82) is 0 Å². The van der Waals surface area contributed by atoms with Crippen LogP contribution in [0.1, 0.15) is 66.1 Å². The van der Waals surface area contributed by atoms with E-state index in [9.17, 15) is 41.0 Å². The molecule has 0 fully saturated rings. The molecule has 1 atom stereocenters. The maximum Gasteiger partial charge on any atom is 0.416 e. The molecule has 0 bridgehead atoms. The van der Waals surface area contributed by atoms with E-state index in [-0.39, 0.29) is 44.4 Å². The van der Waals surface area contributed by atoms with Gasteiger partial charge >= 0.3 is 12.4 Å². The molecule has 12 heteroatoms. The highest BCUT2D eigenvalue weighted by molar-refractivity contribution is 5.95. The quantitative estimate of drug-likeness (QED) is 0.215. The second-order valence-electron chi connectivity index (χ2n) is 10.3. The number of likely N-dealkylation sites (N-methyl/N-ethyl adjacent to an activating group) is 1. The summed E-state index contributed by atoms with van der Waals surface area (Å²) in [5.74, 6) is -1.17. The van der Waals surface area contributed by atoms with E-state index in [1.54, 1.807) is 11.1 Å². The van der Waals surface area contributed by atoms with Crippen molar-refractivity contribution in [3.05, 3.63) is 70.9 Å². The molecule has 0 saturated heterocycles. The number of para-hydroxylation sites is 1. The van der Waals surface area contributed by atoms with Crippen molar-refractivity contribution in [2.24, 2.45) is 0 Å². The van der Waals surface area contributed by atoms with Crippen molar-refractivity contribution in [1.82, 2.24) is 14.8 Å². The van der Waals surface area contributed by atoms with E-state index in [0.29, 0.717) is 25.1 Å². The molecule has 1 heterocycles. The van der Waals surface area contributed by atoms with E-state index < -0.39 is 41.0 Å². The van der Waals surface area contributed by atoms with Crippen molar-refractivity contribution in [3.8, 4) is 0 Å². The number of alkyl halides is 6. The molecule has 0 spiro atoms. The van der Waals surface area contributed by atoms with Crippen LogP contribution in [0.4, 0.5) is 26.3 Å². The number of aliphatic hydroxyl groups is 1. The summed E-state index contributed by atoms with van der Waals surface area (Å²) in [7, 11) is 1.34. The third-order valence-corrected chi connectivity index (χ3v) is 7.27. The summed E-state index contributed by atoms with van der Waals surface area (Å²) in [5, 5.41) is 10.2. The third kappa shape index (κ3) is 8.50. The second kappa shape index (κ2) is 14.1. The number of rotatable bonds is 13. The number of aromatic nitrogens is 1. The van der Waals surface area contributed by atoms with E-state index in [1.165, 1.54) is 7.05 Å². The Morgan fingerprint density at radius 1 is 0.952 bits per heavy atom. The molecule has 2 aromatic carbocycles. The van der Waals surface area contributed by atoms with Gasteiger partial charge in [0.1, 0.15) is 0 Å². The molecule has 0 aliphatic rings. The van der Waals surface area contributed by atoms with Crippen molar-refractivity contribution in [3.63, 3.8) is 0 Å². The Hall–Kier alpha value is -3.54. The molecular formula is C30H35F6N3O3. The highest BCUT2D eigenvalue weighted by Gasteiger charge is 2.38. The minimum atomic E-state index is -5.09. The van der Waals surface area contributed by atoms with Crippen LogP contribution in [0.5, 0.6) is 0 Å². The molecule has 42 heavy (non-hydrogen) atoms. The predicted molar refractivity (Wildman–Crippen MR) is 147 cm³/mol. The van der Waals surface area contributed by atoms with Gasteiger partial charge in [0.15, 0.2) is 0 Å². The number of fused-ring (bicyclic) bond motifs is 1. The SMILES string of the molecule is CCCCN(CCO)C(=O)CCCC(Cc1c[nH]c2ccccc12)N(C)C(=O)c1cc(C(F)(F)F)cc(C(F)(F)F)c1. The first kappa shape index (κ1) is 33.0. The van der Waals surface area contributed by atoms with Gasteiger partial charge in [0.05, 0.1) is 17.7 Å². The Bertz CT molecular complexity index is 1320. The number of amides is 2. The van der Waals surface area contributed by atoms with Crippen LogP contribution in [0, 0.1) is 0 Å². The number of hydrogen-bond donors (Lipinski definition) is 2. The highest BCUT2D eigenvalue weighted by Crippen LogP contribution is 2.37. The largest absolute Gasteiger partial charge is 0.416 e. The second-order valence-corrected chi connectivity index (χ2v) is 10.3. The summed E-state index contributed by atoms with van der Waals surface area (Å²) in [6, 6.07) is 7.60. The van der Waals surface area contributed by atoms with Gasteiger partial charge < -0.3 is 19.9 Å². The molecule has 2 amide bonds.